The van der Waals surface area contributed by atoms with E-state index in [1.54, 1.807) is 23.3 Å². The van der Waals surface area contributed by atoms with Crippen molar-refractivity contribution in [2.45, 2.75) is 19.4 Å². The molecular weight excluding hydrogens is 302 g/mol. The van der Waals surface area contributed by atoms with Crippen molar-refractivity contribution in [3.05, 3.63) is 22.4 Å². The van der Waals surface area contributed by atoms with Gasteiger partial charge in [-0.1, -0.05) is 13.0 Å². The number of rotatable bonds is 3. The predicted molar refractivity (Wildman–Crippen MR) is 82.2 cm³/mol. The highest BCUT2D eigenvalue weighted by atomic mass is 32.1. The fourth-order valence-corrected chi connectivity index (χ4v) is 4.29. The van der Waals surface area contributed by atoms with Crippen LogP contribution in [-0.4, -0.2) is 47.8 Å². The van der Waals surface area contributed by atoms with Gasteiger partial charge in [0.1, 0.15) is 0 Å². The first kappa shape index (κ1) is 15.0. The Labute approximate surface area is 133 Å². The maximum atomic E-state index is 12.7. The number of nitrogens with one attached hydrogen (secondary N) is 1. The van der Waals surface area contributed by atoms with E-state index in [1.807, 2.05) is 24.4 Å². The van der Waals surface area contributed by atoms with E-state index >= 15 is 0 Å². The van der Waals surface area contributed by atoms with Crippen molar-refractivity contribution in [3.8, 4) is 0 Å². The lowest BCUT2D eigenvalue weighted by molar-refractivity contribution is -0.143. The van der Waals surface area contributed by atoms with Crippen molar-refractivity contribution >= 4 is 29.2 Å². The van der Waals surface area contributed by atoms with Gasteiger partial charge >= 0.3 is 6.03 Å². The van der Waals surface area contributed by atoms with Gasteiger partial charge in [-0.3, -0.25) is 14.5 Å². The molecular formula is C15H19N3O3S. The van der Waals surface area contributed by atoms with Crippen molar-refractivity contribution in [1.82, 2.24) is 15.1 Å². The Balaban J connectivity index is 1.82. The van der Waals surface area contributed by atoms with Crippen LogP contribution in [0.15, 0.2) is 17.5 Å². The lowest BCUT2D eigenvalue weighted by atomic mass is 10.00. The summed E-state index contributed by atoms with van der Waals surface area (Å²) < 4.78 is 0. The summed E-state index contributed by atoms with van der Waals surface area (Å²) in [5.74, 6) is -1.05. The molecule has 6 nitrogen and oxygen atoms in total. The first-order valence-corrected chi connectivity index (χ1v) is 8.33. The van der Waals surface area contributed by atoms with Crippen LogP contribution in [0.3, 0.4) is 0 Å². The number of amides is 4. The highest BCUT2D eigenvalue weighted by Gasteiger charge is 2.54. The molecule has 0 aromatic carbocycles. The zero-order chi connectivity index (χ0) is 15.9. The lowest BCUT2D eigenvalue weighted by Gasteiger charge is -2.26. The van der Waals surface area contributed by atoms with E-state index in [1.165, 1.54) is 4.90 Å². The van der Waals surface area contributed by atoms with Crippen LogP contribution in [0.2, 0.25) is 0 Å². The third-order valence-corrected chi connectivity index (χ3v) is 5.47. The molecule has 2 saturated heterocycles. The van der Waals surface area contributed by atoms with Gasteiger partial charge in [-0.25, -0.2) is 4.79 Å². The number of carbonyl (C=O) groups is 3. The summed E-state index contributed by atoms with van der Waals surface area (Å²) in [6.45, 7) is 2.63. The molecule has 0 bridgehead atoms. The molecule has 118 valence electrons. The Bertz CT molecular complexity index is 577. The molecule has 7 heteroatoms. The fourth-order valence-electron chi connectivity index (χ4n) is 3.39. The number of hydrogen-bond donors (Lipinski definition) is 1. The third kappa shape index (κ3) is 2.20. The van der Waals surface area contributed by atoms with E-state index < -0.39 is 0 Å². The summed E-state index contributed by atoms with van der Waals surface area (Å²) in [4.78, 5) is 41.1. The van der Waals surface area contributed by atoms with E-state index in [9.17, 15) is 14.4 Å². The van der Waals surface area contributed by atoms with Crippen LogP contribution in [0.25, 0.3) is 0 Å². The maximum Gasteiger partial charge on any atom is 0.317 e. The number of imide groups is 1. The topological polar surface area (TPSA) is 69.7 Å². The molecule has 0 saturated carbocycles. The predicted octanol–water partition coefficient (Wildman–Crippen LogP) is 1.46. The van der Waals surface area contributed by atoms with Gasteiger partial charge in [0.05, 0.1) is 17.9 Å². The quantitative estimate of drug-likeness (QED) is 0.857. The minimum Gasteiger partial charge on any atom is -0.341 e. The van der Waals surface area contributed by atoms with Crippen molar-refractivity contribution in [2.24, 2.45) is 11.8 Å². The van der Waals surface area contributed by atoms with Crippen LogP contribution < -0.4 is 5.32 Å². The average molecular weight is 321 g/mol. The number of hydrogen-bond acceptors (Lipinski definition) is 4. The molecule has 3 atom stereocenters. The van der Waals surface area contributed by atoms with Crippen molar-refractivity contribution in [2.75, 3.05) is 20.1 Å². The Kier molecular flexibility index (Phi) is 3.90. The molecule has 1 N–H and O–H groups in total. The molecule has 1 unspecified atom stereocenters. The summed E-state index contributed by atoms with van der Waals surface area (Å²) >= 11 is 1.56. The number of urea groups is 1. The van der Waals surface area contributed by atoms with Crippen LogP contribution in [0.5, 0.6) is 0 Å². The zero-order valence-corrected chi connectivity index (χ0v) is 13.4. The second-order valence-corrected chi connectivity index (χ2v) is 6.64. The molecule has 2 aliphatic rings. The van der Waals surface area contributed by atoms with Gasteiger partial charge in [0.2, 0.25) is 11.8 Å². The van der Waals surface area contributed by atoms with Gasteiger partial charge in [-0.2, -0.15) is 0 Å². The second kappa shape index (κ2) is 5.72. The first-order valence-electron chi connectivity index (χ1n) is 7.45. The van der Waals surface area contributed by atoms with E-state index in [0.717, 1.165) is 4.88 Å². The summed E-state index contributed by atoms with van der Waals surface area (Å²) in [5.41, 5.74) is 0. The van der Waals surface area contributed by atoms with Crippen molar-refractivity contribution < 1.29 is 14.4 Å². The van der Waals surface area contributed by atoms with E-state index in [0.29, 0.717) is 19.5 Å². The third-order valence-electron chi connectivity index (χ3n) is 4.50. The van der Waals surface area contributed by atoms with Gasteiger partial charge in [-0.05, 0) is 17.9 Å². The maximum absolute atomic E-state index is 12.7. The average Bonchev–Trinajstić information content (AvgIpc) is 3.22. The molecule has 4 amide bonds. The van der Waals surface area contributed by atoms with Crippen LogP contribution in [0, 0.1) is 11.8 Å². The molecule has 1 aromatic rings. The minimum absolute atomic E-state index is 0.137. The number of thiophene rings is 1. The summed E-state index contributed by atoms with van der Waals surface area (Å²) in [6.07, 6.45) is 0.705. The van der Waals surface area contributed by atoms with E-state index in [2.05, 4.69) is 5.32 Å². The molecule has 3 rings (SSSR count). The molecule has 0 spiro atoms. The van der Waals surface area contributed by atoms with Crippen LogP contribution >= 0.6 is 11.3 Å². The second-order valence-electron chi connectivity index (χ2n) is 5.66. The molecule has 0 aliphatic carbocycles. The Morgan fingerprint density at radius 1 is 1.36 bits per heavy atom. The highest BCUT2D eigenvalue weighted by Crippen LogP contribution is 2.40. The van der Waals surface area contributed by atoms with E-state index in [-0.39, 0.29) is 35.7 Å². The number of carbonyl (C=O) groups excluding carboxylic acids is 3. The SMILES string of the molecule is CCC(c1cccs1)N1C(=O)[C@H]2CN(C(=O)NC)C[C@H]2C1=O. The highest BCUT2D eigenvalue weighted by molar-refractivity contribution is 7.10. The Hall–Kier alpha value is -1.89. The van der Waals surface area contributed by atoms with Crippen LogP contribution in [-0.2, 0) is 9.59 Å². The van der Waals surface area contributed by atoms with Crippen LogP contribution in [0.4, 0.5) is 4.79 Å². The minimum atomic E-state index is -0.390. The number of fused-ring (bicyclic) bond motifs is 1. The summed E-state index contributed by atoms with van der Waals surface area (Å²) in [5, 5.41) is 4.50. The fraction of sp³-hybridized carbons (Fsp3) is 0.533. The van der Waals surface area contributed by atoms with E-state index in [4.69, 9.17) is 0 Å². The molecule has 22 heavy (non-hydrogen) atoms. The largest absolute Gasteiger partial charge is 0.341 e. The van der Waals surface area contributed by atoms with Gasteiger partial charge in [0, 0.05) is 25.0 Å². The van der Waals surface area contributed by atoms with Crippen LogP contribution in [0.1, 0.15) is 24.3 Å². The van der Waals surface area contributed by atoms with Gasteiger partial charge in [0.15, 0.2) is 0 Å². The molecule has 3 heterocycles. The Morgan fingerprint density at radius 3 is 2.45 bits per heavy atom. The molecule has 1 aromatic heterocycles. The number of likely N-dealkylation sites (tertiary alicyclic amines) is 2. The lowest BCUT2D eigenvalue weighted by Crippen LogP contribution is -2.42. The van der Waals surface area contributed by atoms with Gasteiger partial charge in [-0.15, -0.1) is 11.3 Å². The monoisotopic (exact) mass is 321 g/mol. The normalized spacial score (nSPS) is 25.5. The molecule has 2 aliphatic heterocycles. The first-order chi connectivity index (χ1) is 10.6. The Morgan fingerprint density at radius 2 is 2.00 bits per heavy atom. The van der Waals surface area contributed by atoms with Gasteiger partial charge < -0.3 is 10.2 Å². The molecule has 2 fully saturated rings. The molecule has 0 radical (unpaired) electrons. The van der Waals surface area contributed by atoms with Crippen molar-refractivity contribution in [3.63, 3.8) is 0 Å². The zero-order valence-electron chi connectivity index (χ0n) is 12.6. The summed E-state index contributed by atoms with van der Waals surface area (Å²) in [7, 11) is 1.55. The standard InChI is InChI=1S/C15H19N3O3S/c1-3-11(12-5-4-6-22-12)18-13(19)9-7-17(15(21)16-2)8-10(9)14(18)20/h4-6,9-11H,3,7-8H2,1-2H3,(H,16,21)/t9-,10+,11?. The summed E-state index contributed by atoms with van der Waals surface area (Å²) in [6, 6.07) is 3.48. The number of nitrogens with zero attached hydrogens (tertiary/aromatic N) is 2. The van der Waals surface area contributed by atoms with Gasteiger partial charge in [0.25, 0.3) is 0 Å². The smallest absolute Gasteiger partial charge is 0.317 e. The van der Waals surface area contributed by atoms with Crippen molar-refractivity contribution in [1.29, 1.82) is 0 Å².